The van der Waals surface area contributed by atoms with E-state index in [1.54, 1.807) is 6.20 Å². The molecular weight excluding hydrogens is 452 g/mol. The predicted molar refractivity (Wildman–Crippen MR) is 139 cm³/mol. The summed E-state index contributed by atoms with van der Waals surface area (Å²) >= 11 is 0. The van der Waals surface area contributed by atoms with Crippen LogP contribution in [0.25, 0.3) is 22.2 Å². The Kier molecular flexibility index (Phi) is 6.16. The van der Waals surface area contributed by atoms with E-state index in [4.69, 9.17) is 24.8 Å². The van der Waals surface area contributed by atoms with Crippen molar-refractivity contribution in [2.75, 3.05) is 31.2 Å². The third-order valence-electron chi connectivity index (χ3n) is 6.04. The van der Waals surface area contributed by atoms with E-state index >= 15 is 0 Å². The van der Waals surface area contributed by atoms with Gasteiger partial charge in [-0.2, -0.15) is 10.1 Å². The second-order valence-corrected chi connectivity index (χ2v) is 8.57. The lowest BCUT2D eigenvalue weighted by Crippen LogP contribution is -2.37. The summed E-state index contributed by atoms with van der Waals surface area (Å²) in [5, 5.41) is 12.9. The quantitative estimate of drug-likeness (QED) is 0.355. The van der Waals surface area contributed by atoms with Crippen LogP contribution in [0.4, 0.5) is 17.5 Å². The number of fused-ring (bicyclic) bond motifs is 1. The van der Waals surface area contributed by atoms with Crippen LogP contribution in [-0.4, -0.2) is 46.5 Å². The molecule has 5 aromatic rings. The first kappa shape index (κ1) is 22.1. The van der Waals surface area contributed by atoms with Crippen LogP contribution in [0.1, 0.15) is 5.56 Å². The molecule has 0 atom stereocenters. The van der Waals surface area contributed by atoms with Crippen LogP contribution in [0.3, 0.4) is 0 Å². The summed E-state index contributed by atoms with van der Waals surface area (Å²) in [7, 11) is 0. The maximum absolute atomic E-state index is 6.06. The van der Waals surface area contributed by atoms with E-state index in [9.17, 15) is 0 Å². The number of nitrogens with one attached hydrogen (secondary N) is 1. The zero-order valence-corrected chi connectivity index (χ0v) is 19.7. The number of benzene rings is 3. The average molecular weight is 478 g/mol. The molecule has 0 aliphatic carbocycles. The van der Waals surface area contributed by atoms with Gasteiger partial charge in [-0.3, -0.25) is 5.10 Å². The number of rotatable bonds is 7. The fraction of sp³-hybridized carbons (Fsp3) is 0.179. The van der Waals surface area contributed by atoms with Gasteiger partial charge in [0.2, 0.25) is 5.95 Å². The van der Waals surface area contributed by atoms with Crippen molar-refractivity contribution in [1.82, 2.24) is 25.5 Å². The zero-order valence-electron chi connectivity index (χ0n) is 19.7. The predicted octanol–water partition coefficient (Wildman–Crippen LogP) is 5.00. The Balaban J connectivity index is 1.31. The smallest absolute Gasteiger partial charge is 0.228 e. The molecule has 8 nitrogen and oxygen atoms in total. The number of aromatic nitrogens is 4. The van der Waals surface area contributed by atoms with Crippen LogP contribution in [0.2, 0.25) is 0 Å². The highest BCUT2D eigenvalue weighted by molar-refractivity contribution is 5.81. The zero-order chi connectivity index (χ0) is 24.2. The van der Waals surface area contributed by atoms with E-state index in [0.29, 0.717) is 31.6 Å². The topological polar surface area (TPSA) is 90.3 Å². The molecule has 2 aromatic heterocycles. The van der Waals surface area contributed by atoms with Gasteiger partial charge in [0.15, 0.2) is 5.82 Å². The number of hydrogen-bond donors (Lipinski definition) is 1. The molecule has 1 saturated heterocycles. The summed E-state index contributed by atoms with van der Waals surface area (Å²) < 4.78 is 11.6. The molecule has 1 radical (unpaired) electrons. The van der Waals surface area contributed by atoms with Gasteiger partial charge in [0, 0.05) is 30.1 Å². The van der Waals surface area contributed by atoms with Gasteiger partial charge in [-0.05, 0) is 35.9 Å². The van der Waals surface area contributed by atoms with Crippen LogP contribution in [0, 0.1) is 0 Å². The minimum Gasteiger partial charge on any atom is -0.489 e. The molecule has 36 heavy (non-hydrogen) atoms. The molecule has 0 amide bonds. The highest BCUT2D eigenvalue weighted by Gasteiger charge is 2.17. The molecule has 1 fully saturated rings. The van der Waals surface area contributed by atoms with Gasteiger partial charge in [0.05, 0.1) is 36.3 Å². The van der Waals surface area contributed by atoms with Gasteiger partial charge in [0.25, 0.3) is 0 Å². The first-order chi connectivity index (χ1) is 17.8. The Labute approximate surface area is 208 Å². The normalized spacial score (nSPS) is 13.6. The molecule has 6 rings (SSSR count). The van der Waals surface area contributed by atoms with E-state index in [0.717, 1.165) is 52.3 Å². The standard InChI is InChI=1S/C28H25N6O2/c1-2-5-20(6-3-1)19-36-24-8-4-7-21(16-24)26-17-27(32-28(31-26)34-11-13-35-14-12-34)30-23-9-10-25-22(15-23)18-29-33-25/h1-10,15-18H,11-14,19H2,(H,29,33). The number of H-pyrrole nitrogens is 1. The third kappa shape index (κ3) is 4.99. The van der Waals surface area contributed by atoms with E-state index in [2.05, 4.69) is 27.2 Å². The molecule has 0 unspecified atom stereocenters. The fourth-order valence-corrected chi connectivity index (χ4v) is 4.15. The first-order valence-electron chi connectivity index (χ1n) is 11.9. The SMILES string of the molecule is c1ccc(COc2cccc(-c3cc([N]c4ccc5[nH]ncc5c4)nc(N4CCOCC4)n3)c2)cc1. The van der Waals surface area contributed by atoms with E-state index in [1.165, 1.54) is 0 Å². The van der Waals surface area contributed by atoms with Crippen molar-refractivity contribution in [3.63, 3.8) is 0 Å². The number of anilines is 1. The molecule has 1 N–H and O–H groups in total. The van der Waals surface area contributed by atoms with E-state index in [1.807, 2.05) is 66.7 Å². The lowest BCUT2D eigenvalue weighted by molar-refractivity contribution is 0.122. The van der Waals surface area contributed by atoms with Crippen molar-refractivity contribution < 1.29 is 9.47 Å². The highest BCUT2D eigenvalue weighted by Crippen LogP contribution is 2.29. The molecule has 3 aromatic carbocycles. The molecule has 0 spiro atoms. The monoisotopic (exact) mass is 477 g/mol. The van der Waals surface area contributed by atoms with Gasteiger partial charge in [-0.15, -0.1) is 0 Å². The Morgan fingerprint density at radius 1 is 0.917 bits per heavy atom. The first-order valence-corrected chi connectivity index (χ1v) is 11.9. The Morgan fingerprint density at radius 3 is 2.69 bits per heavy atom. The molecule has 1 aliphatic heterocycles. The maximum Gasteiger partial charge on any atom is 0.228 e. The number of hydrogen-bond acceptors (Lipinski definition) is 6. The minimum atomic E-state index is 0.504. The number of ether oxygens (including phenoxy) is 2. The lowest BCUT2D eigenvalue weighted by Gasteiger charge is -2.27. The third-order valence-corrected chi connectivity index (χ3v) is 6.04. The molecular formula is C28H25N6O2. The average Bonchev–Trinajstić information content (AvgIpc) is 3.41. The summed E-state index contributed by atoms with van der Waals surface area (Å²) in [4.78, 5) is 11.8. The second kappa shape index (κ2) is 10.1. The van der Waals surface area contributed by atoms with Crippen LogP contribution >= 0.6 is 0 Å². The van der Waals surface area contributed by atoms with Crippen molar-refractivity contribution in [2.24, 2.45) is 0 Å². The molecule has 3 heterocycles. The van der Waals surface area contributed by atoms with Crippen LogP contribution in [0.5, 0.6) is 5.75 Å². The Morgan fingerprint density at radius 2 is 1.81 bits per heavy atom. The number of nitrogens with zero attached hydrogens (tertiary/aromatic N) is 5. The summed E-state index contributed by atoms with van der Waals surface area (Å²) in [6.45, 7) is 3.29. The Bertz CT molecular complexity index is 1460. The second-order valence-electron chi connectivity index (χ2n) is 8.57. The van der Waals surface area contributed by atoms with Gasteiger partial charge in [0.1, 0.15) is 12.4 Å². The minimum absolute atomic E-state index is 0.504. The summed E-state index contributed by atoms with van der Waals surface area (Å²) in [6.07, 6.45) is 1.79. The van der Waals surface area contributed by atoms with Crippen LogP contribution < -0.4 is 15.0 Å². The fourth-order valence-electron chi connectivity index (χ4n) is 4.15. The number of aromatic amines is 1. The van der Waals surface area contributed by atoms with Crippen LogP contribution in [-0.2, 0) is 11.3 Å². The van der Waals surface area contributed by atoms with Gasteiger partial charge in [-0.1, -0.05) is 42.5 Å². The molecule has 179 valence electrons. The van der Waals surface area contributed by atoms with Gasteiger partial charge >= 0.3 is 0 Å². The Hall–Kier alpha value is -4.43. The number of morpholine rings is 1. The van der Waals surface area contributed by atoms with Crippen molar-refractivity contribution >= 4 is 28.4 Å². The summed E-state index contributed by atoms with van der Waals surface area (Å²) in [6, 6.07) is 25.9. The van der Waals surface area contributed by atoms with Crippen molar-refractivity contribution in [2.45, 2.75) is 6.61 Å². The van der Waals surface area contributed by atoms with Gasteiger partial charge < -0.3 is 14.4 Å². The highest BCUT2D eigenvalue weighted by atomic mass is 16.5. The lowest BCUT2D eigenvalue weighted by atomic mass is 10.1. The van der Waals surface area contributed by atoms with Crippen molar-refractivity contribution in [1.29, 1.82) is 0 Å². The summed E-state index contributed by atoms with van der Waals surface area (Å²) in [5.41, 5.74) is 4.63. The maximum atomic E-state index is 6.06. The van der Waals surface area contributed by atoms with Crippen molar-refractivity contribution in [3.8, 4) is 17.0 Å². The summed E-state index contributed by atoms with van der Waals surface area (Å²) in [5.74, 6) is 2.03. The van der Waals surface area contributed by atoms with Crippen molar-refractivity contribution in [3.05, 3.63) is 90.6 Å². The molecule has 0 saturated carbocycles. The van der Waals surface area contributed by atoms with E-state index < -0.39 is 0 Å². The molecule has 8 heteroatoms. The van der Waals surface area contributed by atoms with Crippen LogP contribution in [0.15, 0.2) is 85.1 Å². The molecule has 1 aliphatic rings. The molecule has 0 bridgehead atoms. The largest absolute Gasteiger partial charge is 0.489 e. The van der Waals surface area contributed by atoms with E-state index in [-0.39, 0.29) is 0 Å². The van der Waals surface area contributed by atoms with Gasteiger partial charge in [-0.25, -0.2) is 10.3 Å².